The Morgan fingerprint density at radius 3 is 2.44 bits per heavy atom. The van der Waals surface area contributed by atoms with Crippen LogP contribution in [0.2, 0.25) is 0 Å². The first-order valence-electron chi connectivity index (χ1n) is 8.76. The van der Waals surface area contributed by atoms with E-state index in [2.05, 4.69) is 11.4 Å². The summed E-state index contributed by atoms with van der Waals surface area (Å²) >= 11 is 0. The van der Waals surface area contributed by atoms with E-state index in [4.69, 9.17) is 9.47 Å². The van der Waals surface area contributed by atoms with E-state index in [-0.39, 0.29) is 11.8 Å². The highest BCUT2D eigenvalue weighted by Crippen LogP contribution is 2.30. The number of benzene rings is 1. The zero-order chi connectivity index (χ0) is 18.2. The first kappa shape index (κ1) is 19.1. The number of rotatable bonds is 7. The number of carbonyl (C=O) groups is 2. The van der Waals surface area contributed by atoms with E-state index in [1.165, 1.54) is 12.5 Å². The smallest absolute Gasteiger partial charge is 0.224 e. The summed E-state index contributed by atoms with van der Waals surface area (Å²) in [6.45, 7) is 3.46. The van der Waals surface area contributed by atoms with Gasteiger partial charge >= 0.3 is 0 Å². The van der Waals surface area contributed by atoms with Crippen molar-refractivity contribution in [3.8, 4) is 11.5 Å². The van der Waals surface area contributed by atoms with Gasteiger partial charge in [0.2, 0.25) is 11.8 Å². The molecule has 0 spiro atoms. The lowest BCUT2D eigenvalue weighted by Crippen LogP contribution is -2.40. The maximum atomic E-state index is 12.1. The quantitative estimate of drug-likeness (QED) is 0.818. The Hall–Kier alpha value is -2.24. The van der Waals surface area contributed by atoms with Crippen LogP contribution in [0.5, 0.6) is 11.5 Å². The molecule has 2 amide bonds. The van der Waals surface area contributed by atoms with Crippen molar-refractivity contribution in [3.05, 3.63) is 23.8 Å². The van der Waals surface area contributed by atoms with Crippen molar-refractivity contribution in [1.29, 1.82) is 0 Å². The van der Waals surface area contributed by atoms with Gasteiger partial charge in [-0.05, 0) is 42.9 Å². The van der Waals surface area contributed by atoms with Crippen LogP contribution in [0, 0.1) is 5.92 Å². The first-order chi connectivity index (χ1) is 12.0. The number of hydrogen-bond acceptors (Lipinski definition) is 4. The van der Waals surface area contributed by atoms with Gasteiger partial charge in [0.25, 0.3) is 0 Å². The molecule has 0 aromatic heterocycles. The molecule has 0 radical (unpaired) electrons. The van der Waals surface area contributed by atoms with E-state index in [1.807, 2.05) is 17.0 Å². The predicted octanol–water partition coefficient (Wildman–Crippen LogP) is 2.01. The molecule has 1 aromatic carbocycles. The lowest BCUT2D eigenvalue weighted by Gasteiger charge is -2.32. The largest absolute Gasteiger partial charge is 0.493 e. The number of ether oxygens (including phenoxy) is 2. The number of nitrogens with one attached hydrogen (secondary N) is 1. The van der Waals surface area contributed by atoms with Gasteiger partial charge in [0.1, 0.15) is 0 Å². The number of piperidine rings is 1. The number of likely N-dealkylation sites (tertiary alicyclic amines) is 1. The topological polar surface area (TPSA) is 67.9 Å². The van der Waals surface area contributed by atoms with Crippen molar-refractivity contribution in [2.24, 2.45) is 5.92 Å². The summed E-state index contributed by atoms with van der Waals surface area (Å²) in [5.41, 5.74) is 1.23. The molecule has 0 bridgehead atoms. The van der Waals surface area contributed by atoms with Crippen LogP contribution in [0.25, 0.3) is 0 Å². The standard InChI is InChI=1S/C19H28N2O4/c1-14(22)20-9-6-19(23)21-10-7-15(8-11-21)12-16-4-5-17(24-2)18(13-16)25-3/h4-5,13,15H,6-12H2,1-3H3,(H,20,22). The zero-order valence-electron chi connectivity index (χ0n) is 15.3. The van der Waals surface area contributed by atoms with Gasteiger partial charge in [-0.2, -0.15) is 0 Å². The Balaban J connectivity index is 1.80. The van der Waals surface area contributed by atoms with Crippen molar-refractivity contribution in [2.75, 3.05) is 33.9 Å². The van der Waals surface area contributed by atoms with Crippen LogP contribution >= 0.6 is 0 Å². The Labute approximate surface area is 149 Å². The summed E-state index contributed by atoms with van der Waals surface area (Å²) in [4.78, 5) is 24.9. The van der Waals surface area contributed by atoms with Gasteiger partial charge in [-0.3, -0.25) is 9.59 Å². The molecule has 0 saturated carbocycles. The van der Waals surface area contributed by atoms with Gasteiger partial charge < -0.3 is 19.7 Å². The average molecular weight is 348 g/mol. The van der Waals surface area contributed by atoms with Crippen LogP contribution in [0.15, 0.2) is 18.2 Å². The molecule has 138 valence electrons. The van der Waals surface area contributed by atoms with E-state index in [1.54, 1.807) is 14.2 Å². The minimum atomic E-state index is -0.0959. The van der Waals surface area contributed by atoms with Crippen LogP contribution in [0.4, 0.5) is 0 Å². The van der Waals surface area contributed by atoms with E-state index in [9.17, 15) is 9.59 Å². The molecule has 6 nitrogen and oxygen atoms in total. The summed E-state index contributed by atoms with van der Waals surface area (Å²) in [6.07, 6.45) is 3.36. The number of carbonyl (C=O) groups excluding carboxylic acids is 2. The summed E-state index contributed by atoms with van der Waals surface area (Å²) < 4.78 is 10.6. The Kier molecular flexibility index (Phi) is 7.10. The fraction of sp³-hybridized carbons (Fsp3) is 0.579. The number of hydrogen-bond donors (Lipinski definition) is 1. The lowest BCUT2D eigenvalue weighted by atomic mass is 9.90. The Morgan fingerprint density at radius 1 is 1.16 bits per heavy atom. The molecule has 1 fully saturated rings. The van der Waals surface area contributed by atoms with Gasteiger partial charge in [0, 0.05) is 33.0 Å². The SMILES string of the molecule is COc1ccc(CC2CCN(C(=O)CCNC(C)=O)CC2)cc1OC. The van der Waals surface area contributed by atoms with Crippen LogP contribution in [0.3, 0.4) is 0 Å². The fourth-order valence-electron chi connectivity index (χ4n) is 3.23. The van der Waals surface area contributed by atoms with Gasteiger partial charge in [-0.1, -0.05) is 6.07 Å². The van der Waals surface area contributed by atoms with Crippen LogP contribution in [0.1, 0.15) is 31.7 Å². The monoisotopic (exact) mass is 348 g/mol. The third-order valence-corrected chi connectivity index (χ3v) is 4.65. The highest BCUT2D eigenvalue weighted by molar-refractivity contribution is 5.78. The van der Waals surface area contributed by atoms with Gasteiger partial charge in [0.05, 0.1) is 14.2 Å². The van der Waals surface area contributed by atoms with Gasteiger partial charge in [-0.15, -0.1) is 0 Å². The molecular formula is C19H28N2O4. The second-order valence-corrected chi connectivity index (χ2v) is 6.45. The third kappa shape index (κ3) is 5.66. The fourth-order valence-corrected chi connectivity index (χ4v) is 3.23. The molecule has 1 N–H and O–H groups in total. The normalized spacial score (nSPS) is 14.9. The van der Waals surface area contributed by atoms with Crippen molar-refractivity contribution < 1.29 is 19.1 Å². The predicted molar refractivity (Wildman–Crippen MR) is 95.9 cm³/mol. The summed E-state index contributed by atoms with van der Waals surface area (Å²) in [6, 6.07) is 6.05. The van der Waals surface area contributed by atoms with E-state index < -0.39 is 0 Å². The number of nitrogens with zero attached hydrogens (tertiary/aromatic N) is 1. The molecule has 1 heterocycles. The molecule has 25 heavy (non-hydrogen) atoms. The molecule has 1 aliphatic rings. The molecular weight excluding hydrogens is 320 g/mol. The van der Waals surface area contributed by atoms with Crippen LogP contribution in [-0.2, 0) is 16.0 Å². The number of methoxy groups -OCH3 is 2. The van der Waals surface area contributed by atoms with Crippen molar-refractivity contribution in [3.63, 3.8) is 0 Å². The highest BCUT2D eigenvalue weighted by Gasteiger charge is 2.23. The van der Waals surface area contributed by atoms with Gasteiger partial charge in [0.15, 0.2) is 11.5 Å². The average Bonchev–Trinajstić information content (AvgIpc) is 2.61. The van der Waals surface area contributed by atoms with Crippen LogP contribution in [-0.4, -0.2) is 50.6 Å². The van der Waals surface area contributed by atoms with Crippen molar-refractivity contribution in [2.45, 2.75) is 32.6 Å². The molecule has 0 atom stereocenters. The maximum Gasteiger partial charge on any atom is 0.224 e. The first-order valence-corrected chi connectivity index (χ1v) is 8.76. The second-order valence-electron chi connectivity index (χ2n) is 6.45. The molecule has 1 aromatic rings. The Morgan fingerprint density at radius 2 is 1.84 bits per heavy atom. The summed E-state index contributed by atoms with van der Waals surface area (Å²) in [7, 11) is 3.28. The Bertz CT molecular complexity index is 595. The second kappa shape index (κ2) is 9.30. The van der Waals surface area contributed by atoms with Gasteiger partial charge in [-0.25, -0.2) is 0 Å². The minimum Gasteiger partial charge on any atom is -0.493 e. The third-order valence-electron chi connectivity index (χ3n) is 4.65. The van der Waals surface area contributed by atoms with Crippen molar-refractivity contribution >= 4 is 11.8 Å². The molecule has 0 aliphatic carbocycles. The molecule has 2 rings (SSSR count). The summed E-state index contributed by atoms with van der Waals surface area (Å²) in [5.74, 6) is 2.09. The lowest BCUT2D eigenvalue weighted by molar-refractivity contribution is -0.132. The van der Waals surface area contributed by atoms with E-state index in [0.29, 0.717) is 18.9 Å². The van der Waals surface area contributed by atoms with E-state index in [0.717, 1.165) is 43.9 Å². The molecule has 1 saturated heterocycles. The molecule has 6 heteroatoms. The highest BCUT2D eigenvalue weighted by atomic mass is 16.5. The minimum absolute atomic E-state index is 0.0959. The summed E-state index contributed by atoms with van der Waals surface area (Å²) in [5, 5.41) is 2.67. The number of amides is 2. The maximum absolute atomic E-state index is 12.1. The molecule has 1 aliphatic heterocycles. The van der Waals surface area contributed by atoms with Crippen LogP contribution < -0.4 is 14.8 Å². The zero-order valence-corrected chi connectivity index (χ0v) is 15.3. The van der Waals surface area contributed by atoms with E-state index >= 15 is 0 Å². The van der Waals surface area contributed by atoms with Crippen molar-refractivity contribution in [1.82, 2.24) is 10.2 Å². The molecule has 0 unspecified atom stereocenters.